The maximum atomic E-state index is 13.3. The standard InChI is InChI=1S/C26H22N4O3/c1-29-13-17(15-6-2-4-8-18(15)29)22-23(26(33)28-25(22)32)21-16-7-3-5-9-19(16)30-11-10-14(24(27)31)12-20(21)30/h2-9,13-14H,10-12H2,1H3,(H2,27,31)(H,28,32,33). The van der Waals surface area contributed by atoms with E-state index in [2.05, 4.69) is 9.88 Å². The molecule has 1 unspecified atom stereocenters. The number of aromatic nitrogens is 2. The van der Waals surface area contributed by atoms with Crippen LogP contribution in [0.15, 0.2) is 54.7 Å². The van der Waals surface area contributed by atoms with Crippen LogP contribution in [0.4, 0.5) is 0 Å². The average molecular weight is 438 g/mol. The zero-order valence-corrected chi connectivity index (χ0v) is 18.1. The number of rotatable bonds is 3. The molecule has 0 bridgehead atoms. The van der Waals surface area contributed by atoms with Crippen LogP contribution < -0.4 is 11.1 Å². The third-order valence-electron chi connectivity index (χ3n) is 6.97. The zero-order valence-electron chi connectivity index (χ0n) is 18.1. The summed E-state index contributed by atoms with van der Waals surface area (Å²) in [6, 6.07) is 15.7. The monoisotopic (exact) mass is 438 g/mol. The first-order valence-electron chi connectivity index (χ1n) is 11.0. The first-order valence-corrected chi connectivity index (χ1v) is 11.0. The molecular weight excluding hydrogens is 416 g/mol. The van der Waals surface area contributed by atoms with E-state index in [1.54, 1.807) is 0 Å². The zero-order chi connectivity index (χ0) is 22.9. The van der Waals surface area contributed by atoms with Gasteiger partial charge in [0.25, 0.3) is 11.8 Å². The van der Waals surface area contributed by atoms with Gasteiger partial charge in [-0.15, -0.1) is 0 Å². The van der Waals surface area contributed by atoms with Gasteiger partial charge in [0.2, 0.25) is 5.91 Å². The number of carbonyl (C=O) groups excluding carboxylic acids is 3. The van der Waals surface area contributed by atoms with Crippen LogP contribution in [0.5, 0.6) is 0 Å². The summed E-state index contributed by atoms with van der Waals surface area (Å²) in [6.07, 6.45) is 2.99. The van der Waals surface area contributed by atoms with Crippen LogP contribution in [0.3, 0.4) is 0 Å². The minimum atomic E-state index is -0.414. The van der Waals surface area contributed by atoms with Crippen LogP contribution in [-0.4, -0.2) is 26.9 Å². The van der Waals surface area contributed by atoms with E-state index in [1.165, 1.54) is 0 Å². The number of imide groups is 1. The second kappa shape index (κ2) is 6.93. The van der Waals surface area contributed by atoms with Crippen LogP contribution in [0.25, 0.3) is 33.0 Å². The Morgan fingerprint density at radius 2 is 1.64 bits per heavy atom. The fourth-order valence-electron chi connectivity index (χ4n) is 5.46. The summed E-state index contributed by atoms with van der Waals surface area (Å²) < 4.78 is 4.12. The Morgan fingerprint density at radius 3 is 2.39 bits per heavy atom. The molecule has 0 radical (unpaired) electrons. The van der Waals surface area contributed by atoms with Gasteiger partial charge in [0, 0.05) is 64.3 Å². The normalized spacial score (nSPS) is 18.3. The number of para-hydroxylation sites is 2. The van der Waals surface area contributed by atoms with Crippen molar-refractivity contribution in [3.8, 4) is 0 Å². The van der Waals surface area contributed by atoms with Gasteiger partial charge < -0.3 is 14.9 Å². The quantitative estimate of drug-likeness (QED) is 0.481. The molecule has 2 aromatic heterocycles. The van der Waals surface area contributed by atoms with Crippen LogP contribution in [0.2, 0.25) is 0 Å². The molecule has 2 aromatic carbocycles. The molecule has 33 heavy (non-hydrogen) atoms. The van der Waals surface area contributed by atoms with Crippen molar-refractivity contribution >= 4 is 50.7 Å². The Bertz CT molecular complexity index is 1550. The molecule has 164 valence electrons. The van der Waals surface area contributed by atoms with E-state index >= 15 is 0 Å². The van der Waals surface area contributed by atoms with Gasteiger partial charge in [0.05, 0.1) is 11.1 Å². The maximum Gasteiger partial charge on any atom is 0.259 e. The Hall–Kier alpha value is -4.13. The van der Waals surface area contributed by atoms with Crippen molar-refractivity contribution in [1.82, 2.24) is 14.5 Å². The molecule has 0 fully saturated rings. The van der Waals surface area contributed by atoms with E-state index in [0.717, 1.165) is 38.6 Å². The fraction of sp³-hybridized carbons (Fsp3) is 0.192. The van der Waals surface area contributed by atoms with Crippen LogP contribution >= 0.6 is 0 Å². The van der Waals surface area contributed by atoms with Gasteiger partial charge in [-0.2, -0.15) is 0 Å². The van der Waals surface area contributed by atoms with Gasteiger partial charge in [-0.1, -0.05) is 36.4 Å². The lowest BCUT2D eigenvalue weighted by atomic mass is 9.89. The highest BCUT2D eigenvalue weighted by atomic mass is 16.2. The molecule has 1 atom stereocenters. The predicted molar refractivity (Wildman–Crippen MR) is 126 cm³/mol. The van der Waals surface area contributed by atoms with Crippen molar-refractivity contribution in [3.05, 3.63) is 71.5 Å². The summed E-state index contributed by atoms with van der Waals surface area (Å²) in [6.45, 7) is 0.635. The molecule has 2 aliphatic heterocycles. The van der Waals surface area contributed by atoms with Crippen molar-refractivity contribution in [2.75, 3.05) is 0 Å². The van der Waals surface area contributed by atoms with Crippen LogP contribution in [-0.2, 0) is 34.4 Å². The van der Waals surface area contributed by atoms with E-state index in [9.17, 15) is 14.4 Å². The molecule has 4 heterocycles. The predicted octanol–water partition coefficient (Wildman–Crippen LogP) is 2.75. The van der Waals surface area contributed by atoms with Gasteiger partial charge in [-0.25, -0.2) is 0 Å². The summed E-state index contributed by atoms with van der Waals surface area (Å²) in [4.78, 5) is 38.4. The number of fused-ring (bicyclic) bond motifs is 4. The summed E-state index contributed by atoms with van der Waals surface area (Å²) in [5, 5.41) is 4.33. The number of carbonyl (C=O) groups is 3. The molecule has 0 spiro atoms. The van der Waals surface area contributed by atoms with E-state index in [0.29, 0.717) is 30.5 Å². The van der Waals surface area contributed by atoms with Gasteiger partial charge in [-0.05, 0) is 25.0 Å². The molecule has 3 N–H and O–H groups in total. The van der Waals surface area contributed by atoms with Crippen LogP contribution in [0.1, 0.15) is 23.2 Å². The SMILES string of the molecule is Cn1cc(C2=C(c3c4n(c5ccccc35)CCC(C(N)=O)C4)C(=O)NC2=O)c2ccccc21. The Labute approximate surface area is 189 Å². The molecule has 0 saturated heterocycles. The first-order chi connectivity index (χ1) is 16.0. The molecular formula is C26H22N4O3. The highest BCUT2D eigenvalue weighted by Gasteiger charge is 2.38. The third-order valence-corrected chi connectivity index (χ3v) is 6.97. The Balaban J connectivity index is 1.70. The second-order valence-electron chi connectivity index (χ2n) is 8.79. The minimum Gasteiger partial charge on any atom is -0.369 e. The van der Waals surface area contributed by atoms with E-state index in [1.807, 2.05) is 66.3 Å². The molecule has 6 rings (SSSR count). The van der Waals surface area contributed by atoms with Crippen molar-refractivity contribution < 1.29 is 14.4 Å². The van der Waals surface area contributed by atoms with Gasteiger partial charge in [0.1, 0.15) is 0 Å². The number of hydrogen-bond donors (Lipinski definition) is 2. The van der Waals surface area contributed by atoms with Gasteiger partial charge >= 0.3 is 0 Å². The van der Waals surface area contributed by atoms with Crippen molar-refractivity contribution in [2.45, 2.75) is 19.4 Å². The van der Waals surface area contributed by atoms with Crippen molar-refractivity contribution in [2.24, 2.45) is 18.7 Å². The molecule has 4 aromatic rings. The smallest absolute Gasteiger partial charge is 0.259 e. The van der Waals surface area contributed by atoms with Gasteiger partial charge in [0.15, 0.2) is 0 Å². The summed E-state index contributed by atoms with van der Waals surface area (Å²) in [5.41, 5.74) is 10.7. The maximum absolute atomic E-state index is 13.3. The fourth-order valence-corrected chi connectivity index (χ4v) is 5.46. The van der Waals surface area contributed by atoms with Crippen molar-refractivity contribution in [1.29, 1.82) is 0 Å². The lowest BCUT2D eigenvalue weighted by Crippen LogP contribution is -2.31. The number of primary amides is 1. The summed E-state index contributed by atoms with van der Waals surface area (Å²) in [7, 11) is 1.92. The first kappa shape index (κ1) is 19.5. The number of amides is 3. The number of aryl methyl sites for hydroxylation is 2. The molecule has 2 aliphatic rings. The Kier molecular flexibility index (Phi) is 4.11. The van der Waals surface area contributed by atoms with Crippen molar-refractivity contribution in [3.63, 3.8) is 0 Å². The van der Waals surface area contributed by atoms with E-state index in [4.69, 9.17) is 5.73 Å². The highest BCUT2D eigenvalue weighted by Crippen LogP contribution is 2.42. The lowest BCUT2D eigenvalue weighted by molar-refractivity contribution is -0.123. The summed E-state index contributed by atoms with van der Waals surface area (Å²) in [5.74, 6) is -1.46. The summed E-state index contributed by atoms with van der Waals surface area (Å²) >= 11 is 0. The minimum absolute atomic E-state index is 0.303. The van der Waals surface area contributed by atoms with Gasteiger partial charge in [-0.3, -0.25) is 19.7 Å². The largest absolute Gasteiger partial charge is 0.369 e. The van der Waals surface area contributed by atoms with E-state index in [-0.39, 0.29) is 11.8 Å². The highest BCUT2D eigenvalue weighted by molar-refractivity contribution is 6.51. The third kappa shape index (κ3) is 2.72. The topological polar surface area (TPSA) is 99.1 Å². The molecule has 7 nitrogen and oxygen atoms in total. The number of nitrogens with zero attached hydrogens (tertiary/aromatic N) is 2. The van der Waals surface area contributed by atoms with Crippen LogP contribution in [0, 0.1) is 5.92 Å². The second-order valence-corrected chi connectivity index (χ2v) is 8.79. The number of nitrogens with one attached hydrogen (secondary N) is 1. The molecule has 7 heteroatoms. The molecule has 0 aliphatic carbocycles. The molecule has 0 saturated carbocycles. The average Bonchev–Trinajstić information content (AvgIpc) is 3.41. The van der Waals surface area contributed by atoms with E-state index < -0.39 is 11.8 Å². The number of nitrogens with two attached hydrogens (primary N) is 1. The Morgan fingerprint density at radius 1 is 0.970 bits per heavy atom. The lowest BCUT2D eigenvalue weighted by Gasteiger charge is -2.23. The number of hydrogen-bond acceptors (Lipinski definition) is 3. The number of benzene rings is 2. The molecule has 3 amide bonds.